The highest BCUT2D eigenvalue weighted by Crippen LogP contribution is 2.20. The SMILES string of the molecule is CNC1CCC(OCCCF)CC1. The van der Waals surface area contributed by atoms with E-state index in [2.05, 4.69) is 5.32 Å². The van der Waals surface area contributed by atoms with Crippen molar-refractivity contribution in [1.29, 1.82) is 0 Å². The molecule has 78 valence electrons. The zero-order chi connectivity index (χ0) is 9.52. The summed E-state index contributed by atoms with van der Waals surface area (Å²) in [5.74, 6) is 0. The molecule has 13 heavy (non-hydrogen) atoms. The van der Waals surface area contributed by atoms with Gasteiger partial charge in [-0.15, -0.1) is 0 Å². The largest absolute Gasteiger partial charge is 0.378 e. The van der Waals surface area contributed by atoms with Crippen molar-refractivity contribution in [2.24, 2.45) is 0 Å². The molecule has 0 saturated heterocycles. The van der Waals surface area contributed by atoms with Gasteiger partial charge in [0.2, 0.25) is 0 Å². The van der Waals surface area contributed by atoms with Gasteiger partial charge in [-0.2, -0.15) is 0 Å². The number of halogens is 1. The summed E-state index contributed by atoms with van der Waals surface area (Å²) < 4.78 is 17.3. The molecule has 1 N–H and O–H groups in total. The minimum absolute atomic E-state index is 0.258. The molecule has 0 aromatic rings. The number of nitrogens with one attached hydrogen (secondary N) is 1. The average Bonchev–Trinajstić information content (AvgIpc) is 2.19. The first-order valence-electron chi connectivity index (χ1n) is 5.21. The van der Waals surface area contributed by atoms with Gasteiger partial charge in [-0.25, -0.2) is 0 Å². The van der Waals surface area contributed by atoms with E-state index in [1.807, 2.05) is 7.05 Å². The van der Waals surface area contributed by atoms with Gasteiger partial charge in [0.25, 0.3) is 0 Å². The first kappa shape index (κ1) is 10.9. The Bertz CT molecular complexity index is 121. The van der Waals surface area contributed by atoms with Crippen LogP contribution in [-0.4, -0.2) is 32.5 Å². The predicted molar refractivity (Wildman–Crippen MR) is 51.6 cm³/mol. The molecule has 0 aliphatic heterocycles. The maximum atomic E-state index is 11.8. The number of alkyl halides is 1. The van der Waals surface area contributed by atoms with Crippen LogP contribution in [0.25, 0.3) is 0 Å². The average molecular weight is 189 g/mol. The molecular formula is C10H20FNO. The van der Waals surface area contributed by atoms with Gasteiger partial charge in [0.1, 0.15) is 0 Å². The molecule has 0 spiro atoms. The lowest BCUT2D eigenvalue weighted by Gasteiger charge is -2.28. The number of rotatable bonds is 5. The molecule has 0 unspecified atom stereocenters. The molecule has 0 heterocycles. The second kappa shape index (κ2) is 6.33. The van der Waals surface area contributed by atoms with Gasteiger partial charge in [0.05, 0.1) is 12.8 Å². The molecule has 0 bridgehead atoms. The topological polar surface area (TPSA) is 21.3 Å². The van der Waals surface area contributed by atoms with Gasteiger partial charge in [-0.3, -0.25) is 4.39 Å². The molecule has 1 aliphatic carbocycles. The highest BCUT2D eigenvalue weighted by molar-refractivity contribution is 4.76. The van der Waals surface area contributed by atoms with Crippen LogP contribution < -0.4 is 5.32 Å². The van der Waals surface area contributed by atoms with Crippen LogP contribution in [-0.2, 0) is 4.74 Å². The molecular weight excluding hydrogens is 169 g/mol. The van der Waals surface area contributed by atoms with Crippen LogP contribution in [0, 0.1) is 0 Å². The Balaban J connectivity index is 2.03. The molecule has 0 aromatic heterocycles. The normalized spacial score (nSPS) is 29.1. The third-order valence-corrected chi connectivity index (χ3v) is 2.71. The molecule has 3 heteroatoms. The molecule has 1 aliphatic rings. The molecule has 1 fully saturated rings. The van der Waals surface area contributed by atoms with E-state index >= 15 is 0 Å². The molecule has 1 rings (SSSR count). The van der Waals surface area contributed by atoms with Crippen LogP contribution in [0.15, 0.2) is 0 Å². The lowest BCUT2D eigenvalue weighted by atomic mass is 9.93. The minimum atomic E-state index is -0.258. The van der Waals surface area contributed by atoms with Crippen LogP contribution in [0.5, 0.6) is 0 Å². The summed E-state index contributed by atoms with van der Waals surface area (Å²) in [6.07, 6.45) is 5.56. The highest BCUT2D eigenvalue weighted by Gasteiger charge is 2.19. The third kappa shape index (κ3) is 4.05. The quantitative estimate of drug-likeness (QED) is 0.667. The first-order valence-corrected chi connectivity index (χ1v) is 5.21. The summed E-state index contributed by atoms with van der Waals surface area (Å²) in [5, 5.41) is 3.28. The van der Waals surface area contributed by atoms with Crippen molar-refractivity contribution >= 4 is 0 Å². The standard InChI is InChI=1S/C10H20FNO/c1-12-9-3-5-10(6-4-9)13-8-2-7-11/h9-10,12H,2-8H2,1H3. The summed E-state index contributed by atoms with van der Waals surface area (Å²) in [6.45, 7) is 0.331. The van der Waals surface area contributed by atoms with E-state index in [0.29, 0.717) is 25.2 Å². The van der Waals surface area contributed by atoms with E-state index in [1.54, 1.807) is 0 Å². The highest BCUT2D eigenvalue weighted by atomic mass is 19.1. The van der Waals surface area contributed by atoms with Crippen molar-refractivity contribution in [3.8, 4) is 0 Å². The van der Waals surface area contributed by atoms with Gasteiger partial charge < -0.3 is 10.1 Å². The first-order chi connectivity index (χ1) is 6.36. The summed E-state index contributed by atoms with van der Waals surface area (Å²) in [6, 6.07) is 0.668. The van der Waals surface area contributed by atoms with E-state index in [4.69, 9.17) is 4.74 Å². The summed E-state index contributed by atoms with van der Waals surface area (Å²) in [4.78, 5) is 0. The zero-order valence-electron chi connectivity index (χ0n) is 8.39. The molecule has 2 nitrogen and oxygen atoms in total. The van der Waals surface area contributed by atoms with Crippen LogP contribution in [0.2, 0.25) is 0 Å². The molecule has 0 amide bonds. The van der Waals surface area contributed by atoms with Crippen LogP contribution in [0.1, 0.15) is 32.1 Å². The van der Waals surface area contributed by atoms with Gasteiger partial charge >= 0.3 is 0 Å². The molecule has 0 radical (unpaired) electrons. The fourth-order valence-electron chi connectivity index (χ4n) is 1.82. The Hall–Kier alpha value is -0.150. The summed E-state index contributed by atoms with van der Waals surface area (Å²) >= 11 is 0. The maximum Gasteiger partial charge on any atom is 0.0916 e. The van der Waals surface area contributed by atoms with E-state index < -0.39 is 0 Å². The minimum Gasteiger partial charge on any atom is -0.378 e. The second-order valence-corrected chi connectivity index (χ2v) is 3.68. The van der Waals surface area contributed by atoms with E-state index in [0.717, 1.165) is 12.8 Å². The van der Waals surface area contributed by atoms with Crippen molar-refractivity contribution < 1.29 is 9.13 Å². The van der Waals surface area contributed by atoms with Crippen LogP contribution in [0.4, 0.5) is 4.39 Å². The van der Waals surface area contributed by atoms with Gasteiger partial charge in [-0.05, 0) is 39.2 Å². The van der Waals surface area contributed by atoms with Crippen molar-refractivity contribution in [3.63, 3.8) is 0 Å². The van der Waals surface area contributed by atoms with Gasteiger partial charge in [0, 0.05) is 12.6 Å². The molecule has 0 atom stereocenters. The van der Waals surface area contributed by atoms with Crippen molar-refractivity contribution in [3.05, 3.63) is 0 Å². The lowest BCUT2D eigenvalue weighted by Crippen LogP contribution is -2.33. The second-order valence-electron chi connectivity index (χ2n) is 3.68. The Labute approximate surface area is 79.8 Å². The lowest BCUT2D eigenvalue weighted by molar-refractivity contribution is 0.0198. The maximum absolute atomic E-state index is 11.8. The summed E-state index contributed by atoms with van der Waals surface area (Å²) in [5.41, 5.74) is 0. The Morgan fingerprint density at radius 3 is 2.54 bits per heavy atom. The van der Waals surface area contributed by atoms with Crippen LogP contribution >= 0.6 is 0 Å². The van der Waals surface area contributed by atoms with E-state index in [-0.39, 0.29) is 6.67 Å². The summed E-state index contributed by atoms with van der Waals surface area (Å²) in [7, 11) is 2.01. The fourth-order valence-corrected chi connectivity index (χ4v) is 1.82. The Kier molecular flexibility index (Phi) is 5.32. The molecule has 1 saturated carbocycles. The third-order valence-electron chi connectivity index (χ3n) is 2.71. The van der Waals surface area contributed by atoms with E-state index in [1.165, 1.54) is 12.8 Å². The van der Waals surface area contributed by atoms with Crippen LogP contribution in [0.3, 0.4) is 0 Å². The van der Waals surface area contributed by atoms with Gasteiger partial charge in [-0.1, -0.05) is 0 Å². The Morgan fingerprint density at radius 2 is 2.00 bits per heavy atom. The number of hydrogen-bond donors (Lipinski definition) is 1. The number of hydrogen-bond acceptors (Lipinski definition) is 2. The number of ether oxygens (including phenoxy) is 1. The van der Waals surface area contributed by atoms with Crippen molar-refractivity contribution in [2.75, 3.05) is 20.3 Å². The molecule has 0 aromatic carbocycles. The van der Waals surface area contributed by atoms with E-state index in [9.17, 15) is 4.39 Å². The monoisotopic (exact) mass is 189 g/mol. The predicted octanol–water partition coefficient (Wildman–Crippen LogP) is 1.89. The smallest absolute Gasteiger partial charge is 0.0916 e. The Morgan fingerprint density at radius 1 is 1.31 bits per heavy atom. The van der Waals surface area contributed by atoms with Gasteiger partial charge in [0.15, 0.2) is 0 Å². The zero-order valence-corrected chi connectivity index (χ0v) is 8.39. The van der Waals surface area contributed by atoms with Crippen molar-refractivity contribution in [1.82, 2.24) is 5.32 Å². The fraction of sp³-hybridized carbons (Fsp3) is 1.00. The van der Waals surface area contributed by atoms with Crippen molar-refractivity contribution in [2.45, 2.75) is 44.2 Å².